The molecule has 0 radical (unpaired) electrons. The second-order valence-corrected chi connectivity index (χ2v) is 6.18. The van der Waals surface area contributed by atoms with Crippen LogP contribution in [0, 0.1) is 13.8 Å². The fourth-order valence-corrected chi connectivity index (χ4v) is 3.30. The minimum Gasteiger partial charge on any atom is -0.485 e. The zero-order valence-corrected chi connectivity index (χ0v) is 14.9. The van der Waals surface area contributed by atoms with E-state index in [1.54, 1.807) is 0 Å². The molecule has 5 heteroatoms. The van der Waals surface area contributed by atoms with E-state index in [4.69, 9.17) is 15.2 Å². The number of aryl methyl sites for hydroxylation is 1. The first kappa shape index (κ1) is 17.3. The quantitative estimate of drug-likeness (QED) is 0.865. The molecular weight excluding hydrogens is 316 g/mol. The lowest BCUT2D eigenvalue weighted by atomic mass is 9.99. The van der Waals surface area contributed by atoms with Gasteiger partial charge in [-0.1, -0.05) is 18.2 Å². The second kappa shape index (κ2) is 7.15. The molecule has 0 spiro atoms. The summed E-state index contributed by atoms with van der Waals surface area (Å²) < 4.78 is 11.2. The van der Waals surface area contributed by atoms with Crippen molar-refractivity contribution in [2.24, 2.45) is 5.73 Å². The molecule has 3 rings (SSSR count). The monoisotopic (exact) mass is 340 g/mol. The molecule has 0 bridgehead atoms. The molecule has 2 aromatic carbocycles. The van der Waals surface area contributed by atoms with Gasteiger partial charge < -0.3 is 20.1 Å². The SMILES string of the molecule is CCOC(=O)c1c(C)ccc(N2CC(CN)Oc3ccccc32)c1C. The summed E-state index contributed by atoms with van der Waals surface area (Å²) in [6.45, 7) is 7.14. The zero-order valence-electron chi connectivity index (χ0n) is 14.9. The number of hydrogen-bond donors (Lipinski definition) is 1. The molecule has 1 aliphatic rings. The van der Waals surface area contributed by atoms with E-state index in [1.807, 2.05) is 57.2 Å². The lowest BCUT2D eigenvalue weighted by Crippen LogP contribution is -2.42. The van der Waals surface area contributed by atoms with Gasteiger partial charge in [-0.15, -0.1) is 0 Å². The highest BCUT2D eigenvalue weighted by Gasteiger charge is 2.28. The molecule has 0 aromatic heterocycles. The van der Waals surface area contributed by atoms with E-state index in [1.165, 1.54) is 0 Å². The average molecular weight is 340 g/mol. The Morgan fingerprint density at radius 3 is 2.72 bits per heavy atom. The van der Waals surface area contributed by atoms with Crippen LogP contribution in [0.3, 0.4) is 0 Å². The van der Waals surface area contributed by atoms with Gasteiger partial charge in [-0.2, -0.15) is 0 Å². The van der Waals surface area contributed by atoms with Gasteiger partial charge in [0.05, 0.1) is 24.4 Å². The average Bonchev–Trinajstić information content (AvgIpc) is 2.61. The number of anilines is 2. The van der Waals surface area contributed by atoms with Crippen LogP contribution < -0.4 is 15.4 Å². The minimum absolute atomic E-state index is 0.0957. The van der Waals surface area contributed by atoms with Crippen LogP contribution >= 0.6 is 0 Å². The summed E-state index contributed by atoms with van der Waals surface area (Å²) >= 11 is 0. The van der Waals surface area contributed by atoms with Gasteiger partial charge >= 0.3 is 5.97 Å². The van der Waals surface area contributed by atoms with Gasteiger partial charge in [0.25, 0.3) is 0 Å². The smallest absolute Gasteiger partial charge is 0.338 e. The van der Waals surface area contributed by atoms with Gasteiger partial charge in [-0.3, -0.25) is 0 Å². The first-order valence-corrected chi connectivity index (χ1v) is 8.57. The van der Waals surface area contributed by atoms with Crippen LogP contribution in [-0.4, -0.2) is 31.8 Å². The molecule has 1 atom stereocenters. The van der Waals surface area contributed by atoms with Crippen molar-refractivity contribution in [3.8, 4) is 5.75 Å². The van der Waals surface area contributed by atoms with Gasteiger partial charge in [0.15, 0.2) is 0 Å². The lowest BCUT2D eigenvalue weighted by Gasteiger charge is -2.37. The van der Waals surface area contributed by atoms with E-state index in [2.05, 4.69) is 4.90 Å². The summed E-state index contributed by atoms with van der Waals surface area (Å²) in [7, 11) is 0. The topological polar surface area (TPSA) is 64.8 Å². The van der Waals surface area contributed by atoms with Crippen molar-refractivity contribution < 1.29 is 14.3 Å². The predicted molar refractivity (Wildman–Crippen MR) is 98.8 cm³/mol. The van der Waals surface area contributed by atoms with Gasteiger partial charge in [-0.25, -0.2) is 4.79 Å². The molecule has 0 saturated carbocycles. The number of carbonyl (C=O) groups is 1. The maximum Gasteiger partial charge on any atom is 0.338 e. The predicted octanol–water partition coefficient (Wildman–Crippen LogP) is 3.34. The molecule has 1 heterocycles. The Bertz CT molecular complexity index is 789. The third-order valence-electron chi connectivity index (χ3n) is 4.51. The van der Waals surface area contributed by atoms with Crippen molar-refractivity contribution >= 4 is 17.3 Å². The van der Waals surface area contributed by atoms with Gasteiger partial charge in [0.1, 0.15) is 11.9 Å². The van der Waals surface area contributed by atoms with Crippen molar-refractivity contribution in [2.75, 3.05) is 24.6 Å². The Kier molecular flexibility index (Phi) is 4.95. The first-order chi connectivity index (χ1) is 12.1. The minimum atomic E-state index is -0.281. The van der Waals surface area contributed by atoms with E-state index in [0.29, 0.717) is 25.3 Å². The number of nitrogens with zero attached hydrogens (tertiary/aromatic N) is 1. The Balaban J connectivity index is 2.10. The number of nitrogens with two attached hydrogens (primary N) is 1. The summed E-state index contributed by atoms with van der Waals surface area (Å²) in [5.41, 5.74) is 10.3. The summed E-state index contributed by atoms with van der Waals surface area (Å²) in [6.07, 6.45) is -0.0957. The molecule has 0 fully saturated rings. The number of rotatable bonds is 4. The van der Waals surface area contributed by atoms with Crippen molar-refractivity contribution in [3.63, 3.8) is 0 Å². The fourth-order valence-electron chi connectivity index (χ4n) is 3.30. The van der Waals surface area contributed by atoms with Gasteiger partial charge in [0.2, 0.25) is 0 Å². The van der Waals surface area contributed by atoms with Crippen LogP contribution in [0.15, 0.2) is 36.4 Å². The summed E-state index contributed by atoms with van der Waals surface area (Å²) in [4.78, 5) is 14.6. The molecule has 1 unspecified atom stereocenters. The molecule has 2 N–H and O–H groups in total. The zero-order chi connectivity index (χ0) is 18.0. The Hall–Kier alpha value is -2.53. The number of ether oxygens (including phenoxy) is 2. The van der Waals surface area contributed by atoms with Crippen LogP contribution in [0.2, 0.25) is 0 Å². The number of esters is 1. The van der Waals surface area contributed by atoms with Crippen molar-refractivity contribution in [3.05, 3.63) is 53.1 Å². The van der Waals surface area contributed by atoms with Crippen LogP contribution in [0.5, 0.6) is 5.75 Å². The number of para-hydroxylation sites is 2. The number of carbonyl (C=O) groups excluding carboxylic acids is 1. The molecule has 0 saturated heterocycles. The maximum atomic E-state index is 12.4. The number of fused-ring (bicyclic) bond motifs is 1. The summed E-state index contributed by atoms with van der Waals surface area (Å²) in [6, 6.07) is 11.9. The van der Waals surface area contributed by atoms with Crippen LogP contribution in [0.1, 0.15) is 28.4 Å². The molecule has 0 amide bonds. The molecule has 5 nitrogen and oxygen atoms in total. The molecular formula is C20H24N2O3. The van der Waals surface area contributed by atoms with Crippen LogP contribution in [0.25, 0.3) is 0 Å². The van der Waals surface area contributed by atoms with Crippen molar-refractivity contribution in [1.29, 1.82) is 0 Å². The normalized spacial score (nSPS) is 16.2. The Labute approximate surface area is 148 Å². The van der Waals surface area contributed by atoms with Crippen molar-refractivity contribution in [2.45, 2.75) is 26.9 Å². The Morgan fingerprint density at radius 2 is 2.00 bits per heavy atom. The van der Waals surface area contributed by atoms with Gasteiger partial charge in [-0.05, 0) is 50.1 Å². The number of benzene rings is 2. The standard InChI is InChI=1S/C20H24N2O3/c1-4-24-20(23)19-13(2)9-10-16(14(19)3)22-12-15(11-21)25-18-8-6-5-7-17(18)22/h5-10,15H,4,11-12,21H2,1-3H3. The summed E-state index contributed by atoms with van der Waals surface area (Å²) in [5.74, 6) is 0.526. The highest BCUT2D eigenvalue weighted by molar-refractivity contribution is 5.95. The van der Waals surface area contributed by atoms with E-state index in [-0.39, 0.29) is 12.1 Å². The van der Waals surface area contributed by atoms with Gasteiger partial charge in [0, 0.05) is 12.2 Å². The molecule has 25 heavy (non-hydrogen) atoms. The van der Waals surface area contributed by atoms with Crippen LogP contribution in [0.4, 0.5) is 11.4 Å². The third kappa shape index (κ3) is 3.20. The first-order valence-electron chi connectivity index (χ1n) is 8.57. The fraction of sp³-hybridized carbons (Fsp3) is 0.350. The highest BCUT2D eigenvalue weighted by atomic mass is 16.5. The lowest BCUT2D eigenvalue weighted by molar-refractivity contribution is 0.0524. The van der Waals surface area contributed by atoms with E-state index in [0.717, 1.165) is 28.3 Å². The molecule has 2 aromatic rings. The molecule has 132 valence electrons. The largest absolute Gasteiger partial charge is 0.485 e. The summed E-state index contributed by atoms with van der Waals surface area (Å²) in [5, 5.41) is 0. The van der Waals surface area contributed by atoms with Crippen LogP contribution in [-0.2, 0) is 4.74 Å². The van der Waals surface area contributed by atoms with E-state index < -0.39 is 0 Å². The number of hydrogen-bond acceptors (Lipinski definition) is 5. The van der Waals surface area contributed by atoms with Crippen molar-refractivity contribution in [1.82, 2.24) is 0 Å². The molecule has 1 aliphatic heterocycles. The highest BCUT2D eigenvalue weighted by Crippen LogP contribution is 2.40. The third-order valence-corrected chi connectivity index (χ3v) is 4.51. The molecule has 0 aliphatic carbocycles. The second-order valence-electron chi connectivity index (χ2n) is 6.18. The Morgan fingerprint density at radius 1 is 1.24 bits per heavy atom. The van der Waals surface area contributed by atoms with E-state index >= 15 is 0 Å². The maximum absolute atomic E-state index is 12.4. The van der Waals surface area contributed by atoms with E-state index in [9.17, 15) is 4.79 Å².